The third-order valence-corrected chi connectivity index (χ3v) is 9.74. The lowest BCUT2D eigenvalue weighted by Crippen LogP contribution is -2.82. The van der Waals surface area contributed by atoms with E-state index in [0.717, 1.165) is 0 Å². The molecule has 0 spiro atoms. The van der Waals surface area contributed by atoms with Crippen LogP contribution in [0.1, 0.15) is 111 Å². The molecule has 4 heteroatoms. The van der Waals surface area contributed by atoms with Crippen LogP contribution in [-0.2, 0) is 0 Å². The van der Waals surface area contributed by atoms with Gasteiger partial charge in [0.25, 0.3) is 0 Å². The summed E-state index contributed by atoms with van der Waals surface area (Å²) in [5, 5.41) is 12.2. The number of nitrogens with one attached hydrogen (secondary N) is 3. The lowest BCUT2D eigenvalue weighted by atomic mass is 9.68. The Morgan fingerprint density at radius 3 is 0.724 bits per heavy atom. The maximum absolute atomic E-state index is 4.07. The van der Waals surface area contributed by atoms with Gasteiger partial charge in [-0.2, -0.15) is 0 Å². The highest BCUT2D eigenvalue weighted by molar-refractivity contribution is 5.18. The molecule has 0 bridgehead atoms. The molecular weight excluding hydrogens is 356 g/mol. The fourth-order valence-corrected chi connectivity index (χ4v) is 4.81. The van der Waals surface area contributed by atoms with Crippen molar-refractivity contribution in [2.24, 2.45) is 0 Å². The Balaban J connectivity index is 3.79. The van der Waals surface area contributed by atoms with E-state index in [2.05, 4.69) is 139 Å². The van der Waals surface area contributed by atoms with Crippen molar-refractivity contribution >= 4 is 0 Å². The molecule has 0 radical (unpaired) electrons. The molecule has 0 aliphatic carbocycles. The van der Waals surface area contributed by atoms with Gasteiger partial charge in [-0.3, -0.25) is 4.90 Å². The summed E-state index contributed by atoms with van der Waals surface area (Å²) in [6, 6.07) is 0. The molecule has 0 aromatic rings. The highest BCUT2D eigenvalue weighted by Crippen LogP contribution is 2.42. The van der Waals surface area contributed by atoms with Gasteiger partial charge in [-0.05, 0) is 118 Å². The van der Waals surface area contributed by atoms with Crippen LogP contribution < -0.4 is 16.0 Å². The van der Waals surface area contributed by atoms with Gasteiger partial charge in [-0.15, -0.1) is 0 Å². The van der Waals surface area contributed by atoms with E-state index in [4.69, 9.17) is 0 Å². The first kappa shape index (κ1) is 26.9. The van der Waals surface area contributed by atoms with Gasteiger partial charge in [-0.25, -0.2) is 0 Å². The van der Waals surface area contributed by atoms with E-state index < -0.39 is 0 Å². The Labute approximate surface area is 183 Å². The van der Waals surface area contributed by atoms with Crippen LogP contribution in [0.4, 0.5) is 0 Å². The third-order valence-electron chi connectivity index (χ3n) is 9.74. The number of rotatable bonds is 0. The fourth-order valence-electron chi connectivity index (χ4n) is 4.81. The van der Waals surface area contributed by atoms with Crippen molar-refractivity contribution in [2.75, 3.05) is 7.05 Å². The smallest absolute Gasteiger partial charge is 0.0332 e. The third kappa shape index (κ3) is 4.29. The topological polar surface area (TPSA) is 39.3 Å². The highest BCUT2D eigenvalue weighted by Gasteiger charge is 2.56. The second kappa shape index (κ2) is 6.92. The maximum atomic E-state index is 4.07. The van der Waals surface area contributed by atoms with Gasteiger partial charge in [0, 0.05) is 44.3 Å². The molecule has 0 atom stereocenters. The Morgan fingerprint density at radius 1 is 0.345 bits per heavy atom. The van der Waals surface area contributed by atoms with Crippen LogP contribution in [0.5, 0.6) is 0 Å². The first-order valence-electron chi connectivity index (χ1n) is 11.4. The van der Waals surface area contributed by atoms with Crippen molar-refractivity contribution in [3.05, 3.63) is 0 Å². The molecule has 3 N–H and O–H groups in total. The number of likely N-dealkylation sites (N-methyl/N-ethyl adjacent to an activating group) is 1. The molecule has 0 aromatic carbocycles. The molecule has 0 saturated carbocycles. The summed E-state index contributed by atoms with van der Waals surface area (Å²) in [6.45, 7) is 37.5. The molecule has 1 rings (SSSR count). The number of nitrogens with zero attached hydrogens (tertiary/aromatic N) is 1. The van der Waals surface area contributed by atoms with E-state index in [1.165, 1.54) is 0 Å². The van der Waals surface area contributed by atoms with Gasteiger partial charge < -0.3 is 16.0 Å². The Kier molecular flexibility index (Phi) is 6.41. The Hall–Kier alpha value is -0.160. The molecule has 1 aliphatic rings. The van der Waals surface area contributed by atoms with E-state index in [1.54, 1.807) is 0 Å². The minimum absolute atomic E-state index is 0.0956. The summed E-state index contributed by atoms with van der Waals surface area (Å²) in [7, 11) is 2.28. The molecular formula is C25H54N4. The van der Waals surface area contributed by atoms with Crippen LogP contribution in [0.25, 0.3) is 0 Å². The zero-order valence-corrected chi connectivity index (χ0v) is 22.9. The molecule has 1 saturated heterocycles. The van der Waals surface area contributed by atoms with Crippen molar-refractivity contribution in [1.82, 2.24) is 20.9 Å². The Morgan fingerprint density at radius 2 is 0.517 bits per heavy atom. The molecule has 0 unspecified atom stereocenters. The number of hydrogen-bond donors (Lipinski definition) is 3. The zero-order valence-electron chi connectivity index (χ0n) is 22.9. The average Bonchev–Trinajstić information content (AvgIpc) is 2.41. The maximum Gasteiger partial charge on any atom is 0.0332 e. The predicted molar refractivity (Wildman–Crippen MR) is 130 cm³/mol. The normalized spacial score (nSPS) is 32.6. The fraction of sp³-hybridized carbons (Fsp3) is 1.00. The van der Waals surface area contributed by atoms with Gasteiger partial charge in [0.2, 0.25) is 0 Å². The average molecular weight is 411 g/mol. The van der Waals surface area contributed by atoms with Crippen LogP contribution in [0.2, 0.25) is 0 Å². The van der Waals surface area contributed by atoms with Gasteiger partial charge >= 0.3 is 0 Å². The van der Waals surface area contributed by atoms with Crippen LogP contribution in [0, 0.1) is 0 Å². The first-order valence-corrected chi connectivity index (χ1v) is 11.4. The van der Waals surface area contributed by atoms with E-state index in [-0.39, 0.29) is 44.3 Å². The predicted octanol–water partition coefficient (Wildman–Crippen LogP) is 4.93. The lowest BCUT2D eigenvalue weighted by Gasteiger charge is -2.64. The molecule has 1 aliphatic heterocycles. The second-order valence-electron chi connectivity index (χ2n) is 13.8. The van der Waals surface area contributed by atoms with Crippen molar-refractivity contribution < 1.29 is 0 Å². The van der Waals surface area contributed by atoms with Gasteiger partial charge in [0.05, 0.1) is 0 Å². The SMILES string of the molecule is CN1C(C)(C)C(C)(C)NC(C)(C)C(C)(C)NC(C)(C)C(C)(C)NC(C)(C)C1(C)C. The molecule has 0 aromatic heterocycles. The quantitative estimate of drug-likeness (QED) is 0.529. The van der Waals surface area contributed by atoms with Crippen molar-refractivity contribution in [2.45, 2.75) is 155 Å². The summed E-state index contributed by atoms with van der Waals surface area (Å²) >= 11 is 0. The summed E-state index contributed by atoms with van der Waals surface area (Å²) in [4.78, 5) is 2.57. The minimum atomic E-state index is -0.139. The molecule has 4 nitrogen and oxygen atoms in total. The molecule has 1 fully saturated rings. The van der Waals surface area contributed by atoms with E-state index in [0.29, 0.717) is 0 Å². The van der Waals surface area contributed by atoms with Crippen LogP contribution >= 0.6 is 0 Å². The second-order valence-corrected chi connectivity index (χ2v) is 13.8. The van der Waals surface area contributed by atoms with Crippen molar-refractivity contribution in [3.8, 4) is 0 Å². The minimum Gasteiger partial charge on any atom is -0.303 e. The largest absolute Gasteiger partial charge is 0.303 e. The first-order chi connectivity index (χ1) is 12.3. The summed E-state index contributed by atoms with van der Waals surface area (Å²) in [6.07, 6.45) is 0. The lowest BCUT2D eigenvalue weighted by molar-refractivity contribution is -0.0779. The van der Waals surface area contributed by atoms with Gasteiger partial charge in [-0.1, -0.05) is 0 Å². The highest BCUT2D eigenvalue weighted by atomic mass is 15.3. The van der Waals surface area contributed by atoms with Crippen molar-refractivity contribution in [3.63, 3.8) is 0 Å². The molecule has 0 amide bonds. The van der Waals surface area contributed by atoms with Gasteiger partial charge in [0.1, 0.15) is 0 Å². The molecule has 174 valence electrons. The van der Waals surface area contributed by atoms with E-state index in [9.17, 15) is 0 Å². The van der Waals surface area contributed by atoms with Gasteiger partial charge in [0.15, 0.2) is 0 Å². The summed E-state index contributed by atoms with van der Waals surface area (Å²) < 4.78 is 0. The standard InChI is InChI=1S/C25H54N4/c1-18(2)20(5,6)27-22(9,10)24(13,14)29(17)25(15,16)23(11,12)28-21(7,8)19(3,4)26-18/h26-28H,1-17H3. The van der Waals surface area contributed by atoms with E-state index in [1.807, 2.05) is 0 Å². The Bertz CT molecular complexity index is 554. The van der Waals surface area contributed by atoms with Crippen LogP contribution in [0.15, 0.2) is 0 Å². The number of hydrogen-bond acceptors (Lipinski definition) is 4. The van der Waals surface area contributed by atoms with E-state index >= 15 is 0 Å². The van der Waals surface area contributed by atoms with Crippen LogP contribution in [0.3, 0.4) is 0 Å². The molecule has 1 heterocycles. The van der Waals surface area contributed by atoms with Crippen molar-refractivity contribution in [1.29, 1.82) is 0 Å². The zero-order chi connectivity index (χ0) is 23.7. The molecule has 29 heavy (non-hydrogen) atoms. The summed E-state index contributed by atoms with van der Waals surface area (Å²) in [5.74, 6) is 0. The monoisotopic (exact) mass is 410 g/mol. The van der Waals surface area contributed by atoms with Crippen LogP contribution in [-0.4, -0.2) is 56.3 Å². The summed E-state index contributed by atoms with van der Waals surface area (Å²) in [5.41, 5.74) is -1.00.